The molecule has 0 aromatic carbocycles. The first-order valence-corrected chi connectivity index (χ1v) is 7.29. The number of hydrogen-bond acceptors (Lipinski definition) is 4. The molecule has 0 unspecified atom stereocenters. The molecule has 1 fully saturated rings. The lowest BCUT2D eigenvalue weighted by Gasteiger charge is -2.27. The molecule has 0 spiro atoms. The third-order valence-electron chi connectivity index (χ3n) is 2.82. The van der Waals surface area contributed by atoms with E-state index in [0.717, 1.165) is 5.56 Å². The van der Waals surface area contributed by atoms with Crippen LogP contribution in [0.15, 0.2) is 24.5 Å². The van der Waals surface area contributed by atoms with Gasteiger partial charge < -0.3 is 4.74 Å². The highest BCUT2D eigenvalue weighted by molar-refractivity contribution is 7.87. The van der Waals surface area contributed by atoms with Crippen molar-refractivity contribution in [2.45, 2.75) is 13.0 Å². The summed E-state index contributed by atoms with van der Waals surface area (Å²) < 4.78 is 33.4. The Morgan fingerprint density at radius 1 is 1.44 bits per heavy atom. The summed E-state index contributed by atoms with van der Waals surface area (Å²) in [6.45, 7) is 3.49. The molecular weight excluding hydrogens is 254 g/mol. The minimum Gasteiger partial charge on any atom is -0.379 e. The molecule has 1 N–H and O–H groups in total. The molecule has 6 nitrogen and oxygen atoms in total. The molecule has 0 saturated carbocycles. The third kappa shape index (κ3) is 3.26. The van der Waals surface area contributed by atoms with E-state index in [1.54, 1.807) is 25.4 Å². The highest BCUT2D eigenvalue weighted by Gasteiger charge is 2.25. The number of hydrogen-bond donors (Lipinski definition) is 1. The normalized spacial score (nSPS) is 19.6. The van der Waals surface area contributed by atoms with Crippen molar-refractivity contribution in [3.8, 4) is 0 Å². The van der Waals surface area contributed by atoms with Crippen LogP contribution < -0.4 is 4.72 Å². The van der Waals surface area contributed by atoms with E-state index in [2.05, 4.69) is 9.71 Å². The first kappa shape index (κ1) is 13.4. The van der Waals surface area contributed by atoms with Crippen molar-refractivity contribution in [3.05, 3.63) is 30.1 Å². The fraction of sp³-hybridized carbons (Fsp3) is 0.545. The standard InChI is InChI=1S/C11H17N3O3S/c1-10(11-3-2-4-12-9-11)13-18(15,16)14-5-7-17-8-6-14/h2-4,9-10,13H,5-8H2,1H3/t10-/m0/s1. The average molecular weight is 271 g/mol. The van der Waals surface area contributed by atoms with Crippen molar-refractivity contribution in [2.75, 3.05) is 26.3 Å². The van der Waals surface area contributed by atoms with Gasteiger partial charge in [-0.15, -0.1) is 0 Å². The van der Waals surface area contributed by atoms with Crippen molar-refractivity contribution < 1.29 is 13.2 Å². The van der Waals surface area contributed by atoms with Gasteiger partial charge in [0.15, 0.2) is 0 Å². The van der Waals surface area contributed by atoms with Crippen LogP contribution in [-0.4, -0.2) is 44.0 Å². The zero-order chi connectivity index (χ0) is 13.0. The van der Waals surface area contributed by atoms with Gasteiger partial charge in [0, 0.05) is 31.5 Å². The second-order valence-electron chi connectivity index (χ2n) is 4.14. The molecule has 0 amide bonds. The number of ether oxygens (including phenoxy) is 1. The lowest BCUT2D eigenvalue weighted by Crippen LogP contribution is -2.47. The van der Waals surface area contributed by atoms with Gasteiger partial charge in [-0.2, -0.15) is 17.4 Å². The molecule has 2 heterocycles. The van der Waals surface area contributed by atoms with Gasteiger partial charge in [0.05, 0.1) is 13.2 Å². The highest BCUT2D eigenvalue weighted by atomic mass is 32.2. The van der Waals surface area contributed by atoms with Crippen molar-refractivity contribution in [2.24, 2.45) is 0 Å². The summed E-state index contributed by atoms with van der Waals surface area (Å²) in [4.78, 5) is 3.98. The van der Waals surface area contributed by atoms with Crippen LogP contribution in [-0.2, 0) is 14.9 Å². The smallest absolute Gasteiger partial charge is 0.280 e. The highest BCUT2D eigenvalue weighted by Crippen LogP contribution is 2.13. The van der Waals surface area contributed by atoms with E-state index in [4.69, 9.17) is 4.74 Å². The zero-order valence-electron chi connectivity index (χ0n) is 10.2. The molecule has 0 bridgehead atoms. The Balaban J connectivity index is 2.03. The fourth-order valence-electron chi connectivity index (χ4n) is 1.79. The topological polar surface area (TPSA) is 71.5 Å². The van der Waals surface area contributed by atoms with Crippen LogP contribution in [0.4, 0.5) is 0 Å². The third-order valence-corrected chi connectivity index (χ3v) is 4.52. The van der Waals surface area contributed by atoms with Gasteiger partial charge in [0.2, 0.25) is 0 Å². The number of nitrogens with one attached hydrogen (secondary N) is 1. The first-order chi connectivity index (χ1) is 8.59. The maximum Gasteiger partial charge on any atom is 0.280 e. The molecule has 1 aliphatic rings. The molecule has 0 radical (unpaired) electrons. The maximum atomic E-state index is 12.1. The largest absolute Gasteiger partial charge is 0.379 e. The Morgan fingerprint density at radius 3 is 2.78 bits per heavy atom. The van der Waals surface area contributed by atoms with E-state index in [9.17, 15) is 8.42 Å². The predicted molar refractivity (Wildman–Crippen MR) is 67.1 cm³/mol. The van der Waals surface area contributed by atoms with Crippen LogP contribution in [0.25, 0.3) is 0 Å². The van der Waals surface area contributed by atoms with E-state index >= 15 is 0 Å². The minimum absolute atomic E-state index is 0.299. The van der Waals surface area contributed by atoms with E-state index in [1.807, 2.05) is 6.07 Å². The van der Waals surface area contributed by atoms with E-state index in [1.165, 1.54) is 4.31 Å². The summed E-state index contributed by atoms with van der Waals surface area (Å²) in [5.41, 5.74) is 0.842. The molecule has 1 aliphatic heterocycles. The lowest BCUT2D eigenvalue weighted by atomic mass is 10.2. The summed E-state index contributed by atoms with van der Waals surface area (Å²) in [5.74, 6) is 0. The summed E-state index contributed by atoms with van der Waals surface area (Å²) >= 11 is 0. The van der Waals surface area contributed by atoms with E-state index in [-0.39, 0.29) is 6.04 Å². The summed E-state index contributed by atoms with van der Waals surface area (Å²) in [7, 11) is -3.46. The Hall–Kier alpha value is -1.02. The average Bonchev–Trinajstić information content (AvgIpc) is 2.40. The van der Waals surface area contributed by atoms with Crippen LogP contribution in [0.5, 0.6) is 0 Å². The zero-order valence-corrected chi connectivity index (χ0v) is 11.1. The second kappa shape index (κ2) is 5.75. The molecular formula is C11H17N3O3S. The number of aromatic nitrogens is 1. The summed E-state index contributed by atoms with van der Waals surface area (Å²) in [6.07, 6.45) is 3.32. The van der Waals surface area contributed by atoms with Crippen LogP contribution in [0.3, 0.4) is 0 Å². The quantitative estimate of drug-likeness (QED) is 0.855. The van der Waals surface area contributed by atoms with E-state index < -0.39 is 10.2 Å². The van der Waals surface area contributed by atoms with Gasteiger partial charge in [-0.3, -0.25) is 4.98 Å². The minimum atomic E-state index is -3.46. The van der Waals surface area contributed by atoms with Crippen molar-refractivity contribution >= 4 is 10.2 Å². The van der Waals surface area contributed by atoms with Gasteiger partial charge in [0.25, 0.3) is 10.2 Å². The van der Waals surface area contributed by atoms with Crippen molar-refractivity contribution in [1.82, 2.24) is 14.0 Å². The first-order valence-electron chi connectivity index (χ1n) is 5.84. The monoisotopic (exact) mass is 271 g/mol. The van der Waals surface area contributed by atoms with Gasteiger partial charge in [0.1, 0.15) is 0 Å². The number of morpholine rings is 1. The van der Waals surface area contributed by atoms with Crippen LogP contribution >= 0.6 is 0 Å². The molecule has 0 aliphatic carbocycles. The van der Waals surface area contributed by atoms with Crippen LogP contribution in [0.1, 0.15) is 18.5 Å². The van der Waals surface area contributed by atoms with Gasteiger partial charge in [-0.05, 0) is 18.6 Å². The molecule has 1 aromatic rings. The SMILES string of the molecule is C[C@H](NS(=O)(=O)N1CCOCC1)c1cccnc1. The summed E-state index contributed by atoms with van der Waals surface area (Å²) in [6, 6.07) is 3.33. The molecule has 7 heteroatoms. The lowest BCUT2D eigenvalue weighted by molar-refractivity contribution is 0.0723. The number of nitrogens with zero attached hydrogens (tertiary/aromatic N) is 2. The molecule has 1 aromatic heterocycles. The van der Waals surface area contributed by atoms with E-state index in [0.29, 0.717) is 26.3 Å². The molecule has 1 saturated heterocycles. The van der Waals surface area contributed by atoms with Gasteiger partial charge in [-0.25, -0.2) is 0 Å². The van der Waals surface area contributed by atoms with Crippen LogP contribution in [0, 0.1) is 0 Å². The molecule has 2 rings (SSSR count). The van der Waals surface area contributed by atoms with Gasteiger partial charge in [-0.1, -0.05) is 6.07 Å². The summed E-state index contributed by atoms with van der Waals surface area (Å²) in [5, 5.41) is 0. The van der Waals surface area contributed by atoms with Crippen LogP contribution in [0.2, 0.25) is 0 Å². The molecule has 1 atom stereocenters. The van der Waals surface area contributed by atoms with Crippen molar-refractivity contribution in [3.63, 3.8) is 0 Å². The van der Waals surface area contributed by atoms with Crippen molar-refractivity contribution in [1.29, 1.82) is 0 Å². The second-order valence-corrected chi connectivity index (χ2v) is 5.84. The Bertz CT molecular complexity index is 472. The maximum absolute atomic E-state index is 12.1. The molecule has 18 heavy (non-hydrogen) atoms. The predicted octanol–water partition coefficient (Wildman–Crippen LogP) is 0.309. The molecule has 100 valence electrons. The number of pyridine rings is 1. The Kier molecular flexibility index (Phi) is 4.28. The van der Waals surface area contributed by atoms with Gasteiger partial charge >= 0.3 is 0 Å². The number of rotatable bonds is 4. The Morgan fingerprint density at radius 2 is 2.17 bits per heavy atom. The fourth-order valence-corrected chi connectivity index (χ4v) is 3.15. The Labute approximate surface area is 107 Å².